The molecule has 0 atom stereocenters. The van der Waals surface area contributed by atoms with E-state index in [0.29, 0.717) is 21.4 Å². The summed E-state index contributed by atoms with van der Waals surface area (Å²) in [6.07, 6.45) is 6.98. The Bertz CT molecular complexity index is 1460. The van der Waals surface area contributed by atoms with Gasteiger partial charge in [0.05, 0.1) is 21.0 Å². The highest BCUT2D eigenvalue weighted by Gasteiger charge is 2.38. The van der Waals surface area contributed by atoms with Crippen molar-refractivity contribution in [2.75, 3.05) is 0 Å². The first-order valence-corrected chi connectivity index (χ1v) is 14.1. The molecule has 0 N–H and O–H groups in total. The van der Waals surface area contributed by atoms with Crippen LogP contribution >= 0.6 is 27.7 Å². The first-order chi connectivity index (χ1) is 18.5. The molecule has 3 aromatic carbocycles. The zero-order chi connectivity index (χ0) is 26.5. The van der Waals surface area contributed by atoms with Crippen molar-refractivity contribution in [2.45, 2.75) is 44.8 Å². The van der Waals surface area contributed by atoms with Gasteiger partial charge in [-0.25, -0.2) is 9.38 Å². The maximum atomic E-state index is 14.4. The summed E-state index contributed by atoms with van der Waals surface area (Å²) in [6, 6.07) is 21.6. The molecule has 1 amide bonds. The minimum absolute atomic E-state index is 0.0685. The van der Waals surface area contributed by atoms with Crippen LogP contribution in [0.2, 0.25) is 0 Å². The van der Waals surface area contributed by atoms with Crippen molar-refractivity contribution in [3.63, 3.8) is 0 Å². The van der Waals surface area contributed by atoms with Crippen LogP contribution in [0.15, 0.2) is 81.1 Å². The molecule has 192 valence electrons. The molecule has 2 aliphatic rings. The number of amides is 1. The van der Waals surface area contributed by atoms with Crippen molar-refractivity contribution < 1.29 is 13.9 Å². The predicted octanol–water partition coefficient (Wildman–Crippen LogP) is 7.98. The first-order valence-electron chi connectivity index (χ1n) is 12.5. The fraction of sp³-hybridized carbons (Fsp3) is 0.233. The molecule has 1 aliphatic heterocycles. The second kappa shape index (κ2) is 12.0. The highest BCUT2D eigenvalue weighted by Crippen LogP contribution is 2.39. The predicted molar refractivity (Wildman–Crippen MR) is 152 cm³/mol. The van der Waals surface area contributed by atoms with E-state index in [1.54, 1.807) is 29.2 Å². The highest BCUT2D eigenvalue weighted by atomic mass is 79.9. The summed E-state index contributed by atoms with van der Waals surface area (Å²) in [5.74, 6) is 0.128. The number of carbonyl (C=O) groups is 1. The number of nitriles is 1. The van der Waals surface area contributed by atoms with E-state index in [9.17, 15) is 14.4 Å². The Hall–Kier alpha value is -3.41. The molecular formula is C30H25BrFN3O2S. The summed E-state index contributed by atoms with van der Waals surface area (Å²) in [7, 11) is 0. The molecule has 8 heteroatoms. The Kier molecular flexibility index (Phi) is 8.26. The van der Waals surface area contributed by atoms with E-state index in [2.05, 4.69) is 27.0 Å². The molecule has 0 unspecified atom stereocenters. The van der Waals surface area contributed by atoms with Crippen LogP contribution in [0.4, 0.5) is 10.1 Å². The minimum Gasteiger partial charge on any atom is -0.488 e. The van der Waals surface area contributed by atoms with Crippen molar-refractivity contribution in [3.8, 4) is 11.8 Å². The summed E-state index contributed by atoms with van der Waals surface area (Å²) >= 11 is 4.86. The van der Waals surface area contributed by atoms with Gasteiger partial charge in [0.25, 0.3) is 5.91 Å². The maximum absolute atomic E-state index is 14.4. The fourth-order valence-electron chi connectivity index (χ4n) is 4.66. The number of hydrogen-bond acceptors (Lipinski definition) is 5. The quantitative estimate of drug-likeness (QED) is 0.273. The lowest BCUT2D eigenvalue weighted by Gasteiger charge is -2.30. The molecule has 1 saturated heterocycles. The highest BCUT2D eigenvalue weighted by molar-refractivity contribution is 9.10. The third kappa shape index (κ3) is 5.85. The molecule has 38 heavy (non-hydrogen) atoms. The van der Waals surface area contributed by atoms with Gasteiger partial charge in [-0.1, -0.05) is 55.7 Å². The Morgan fingerprint density at radius 2 is 1.87 bits per heavy atom. The standard InChI is InChI=1S/C30H25BrFN3O2S/c31-24-16-20(14-15-27(24)37-19-22-9-5-4-8-21(22)18-33)17-28-29(36)35(23-10-2-1-3-11-23)30(38-28)34-26-13-7-6-12-25(26)32/h4-9,12-17,23H,1-3,10-11,19H2/b28-17-,34-30?. The van der Waals surface area contributed by atoms with Crippen LogP contribution in [0.5, 0.6) is 5.75 Å². The monoisotopic (exact) mass is 589 g/mol. The number of hydrogen-bond donors (Lipinski definition) is 0. The van der Waals surface area contributed by atoms with E-state index in [4.69, 9.17) is 4.74 Å². The van der Waals surface area contributed by atoms with E-state index >= 15 is 0 Å². The molecule has 1 saturated carbocycles. The molecule has 3 aromatic rings. The van der Waals surface area contributed by atoms with Crippen LogP contribution in [0, 0.1) is 17.1 Å². The van der Waals surface area contributed by atoms with Gasteiger partial charge in [-0.3, -0.25) is 9.69 Å². The molecule has 0 radical (unpaired) electrons. The van der Waals surface area contributed by atoms with E-state index in [1.165, 1.54) is 24.2 Å². The summed E-state index contributed by atoms with van der Waals surface area (Å²) in [4.78, 5) is 20.5. The number of benzene rings is 3. The van der Waals surface area contributed by atoms with Gasteiger partial charge in [-0.15, -0.1) is 0 Å². The van der Waals surface area contributed by atoms with Gasteiger partial charge in [0, 0.05) is 11.6 Å². The van der Waals surface area contributed by atoms with Crippen LogP contribution in [0.3, 0.4) is 0 Å². The van der Waals surface area contributed by atoms with Crippen molar-refractivity contribution in [1.29, 1.82) is 5.26 Å². The van der Waals surface area contributed by atoms with Crippen LogP contribution < -0.4 is 4.74 Å². The summed E-state index contributed by atoms with van der Waals surface area (Å²) < 4.78 is 21.1. The molecule has 5 rings (SSSR count). The lowest BCUT2D eigenvalue weighted by atomic mass is 9.94. The Morgan fingerprint density at radius 1 is 1.11 bits per heavy atom. The third-order valence-corrected chi connectivity index (χ3v) is 8.22. The molecular weight excluding hydrogens is 565 g/mol. The van der Waals surface area contributed by atoms with Crippen LogP contribution in [-0.4, -0.2) is 22.0 Å². The summed E-state index contributed by atoms with van der Waals surface area (Å²) in [6.45, 7) is 0.267. The van der Waals surface area contributed by atoms with Crippen LogP contribution in [0.1, 0.15) is 48.8 Å². The van der Waals surface area contributed by atoms with Gasteiger partial charge in [-0.2, -0.15) is 5.26 Å². The molecule has 1 heterocycles. The number of thioether (sulfide) groups is 1. The fourth-order valence-corrected chi connectivity index (χ4v) is 6.22. The molecule has 0 aromatic heterocycles. The maximum Gasteiger partial charge on any atom is 0.267 e. The number of ether oxygens (including phenoxy) is 1. The largest absolute Gasteiger partial charge is 0.488 e. The second-order valence-corrected chi connectivity index (χ2v) is 11.0. The number of carbonyl (C=O) groups excluding carboxylic acids is 1. The SMILES string of the molecule is N#Cc1ccccc1COc1ccc(/C=C2\SC(=Nc3ccccc3F)N(C3CCCCC3)C2=O)cc1Br. The normalized spacial score (nSPS) is 18.2. The molecule has 0 spiro atoms. The first kappa shape index (κ1) is 26.2. The van der Waals surface area contributed by atoms with E-state index in [1.807, 2.05) is 42.5 Å². The zero-order valence-electron chi connectivity index (χ0n) is 20.6. The van der Waals surface area contributed by atoms with Gasteiger partial charge in [-0.05, 0) is 82.5 Å². The molecule has 0 bridgehead atoms. The Balaban J connectivity index is 1.39. The summed E-state index contributed by atoms with van der Waals surface area (Å²) in [5, 5.41) is 9.82. The van der Waals surface area contributed by atoms with Crippen molar-refractivity contribution in [1.82, 2.24) is 4.90 Å². The molecule has 2 fully saturated rings. The lowest BCUT2D eigenvalue weighted by Crippen LogP contribution is -2.40. The topological polar surface area (TPSA) is 65.7 Å². The Labute approximate surface area is 234 Å². The zero-order valence-corrected chi connectivity index (χ0v) is 23.0. The smallest absolute Gasteiger partial charge is 0.267 e. The lowest BCUT2D eigenvalue weighted by molar-refractivity contribution is -0.124. The Morgan fingerprint density at radius 3 is 2.63 bits per heavy atom. The number of para-hydroxylation sites is 1. The molecule has 5 nitrogen and oxygen atoms in total. The third-order valence-electron chi connectivity index (χ3n) is 6.62. The van der Waals surface area contributed by atoms with Crippen molar-refractivity contribution in [3.05, 3.63) is 98.6 Å². The van der Waals surface area contributed by atoms with Gasteiger partial charge >= 0.3 is 0 Å². The second-order valence-electron chi connectivity index (χ2n) is 9.17. The van der Waals surface area contributed by atoms with Crippen LogP contribution in [0.25, 0.3) is 6.08 Å². The van der Waals surface area contributed by atoms with Crippen LogP contribution in [-0.2, 0) is 11.4 Å². The average molecular weight is 591 g/mol. The molecule has 1 aliphatic carbocycles. The van der Waals surface area contributed by atoms with Gasteiger partial charge in [0.2, 0.25) is 0 Å². The van der Waals surface area contributed by atoms with Crippen molar-refractivity contribution in [2.24, 2.45) is 4.99 Å². The number of halogens is 2. The van der Waals surface area contributed by atoms with Crippen molar-refractivity contribution >= 4 is 50.5 Å². The number of rotatable bonds is 6. The van der Waals surface area contributed by atoms with E-state index in [0.717, 1.165) is 41.3 Å². The number of nitrogens with zero attached hydrogens (tertiary/aromatic N) is 3. The number of aliphatic imine (C=N–C) groups is 1. The van der Waals surface area contributed by atoms with E-state index in [-0.39, 0.29) is 24.2 Å². The van der Waals surface area contributed by atoms with Gasteiger partial charge in [0.15, 0.2) is 5.17 Å². The minimum atomic E-state index is -0.411. The van der Waals surface area contributed by atoms with Gasteiger partial charge < -0.3 is 4.74 Å². The number of amidine groups is 1. The van der Waals surface area contributed by atoms with E-state index < -0.39 is 5.82 Å². The van der Waals surface area contributed by atoms with Gasteiger partial charge in [0.1, 0.15) is 23.9 Å². The summed E-state index contributed by atoms with van der Waals surface area (Å²) in [5.41, 5.74) is 2.45. The average Bonchev–Trinajstić information content (AvgIpc) is 3.24.